The minimum Gasteiger partial charge on any atom is -0.493 e. The Morgan fingerprint density at radius 3 is 2.55 bits per heavy atom. The van der Waals surface area contributed by atoms with E-state index in [0.29, 0.717) is 57.9 Å². The number of amides is 1. The Hall–Kier alpha value is -4.27. The van der Waals surface area contributed by atoms with Crippen molar-refractivity contribution in [3.8, 4) is 28.5 Å². The second-order valence-corrected chi connectivity index (χ2v) is 9.17. The molecule has 1 aliphatic rings. The van der Waals surface area contributed by atoms with Gasteiger partial charge in [0.15, 0.2) is 0 Å². The number of aromatic nitrogens is 1. The molecular weight excluding hydrogens is 531 g/mol. The lowest BCUT2D eigenvalue weighted by atomic mass is 10.0. The molecule has 38 heavy (non-hydrogen) atoms. The van der Waals surface area contributed by atoms with E-state index in [4.69, 9.17) is 42.5 Å². The predicted octanol–water partition coefficient (Wildman–Crippen LogP) is 7.62. The maximum atomic E-state index is 12.8. The lowest BCUT2D eigenvalue weighted by Gasteiger charge is -2.25. The molecule has 1 amide bonds. The molecule has 0 aliphatic carbocycles. The van der Waals surface area contributed by atoms with Gasteiger partial charge >= 0.3 is 6.16 Å². The molecule has 1 atom stereocenters. The lowest BCUT2D eigenvalue weighted by molar-refractivity contribution is 0.0326. The van der Waals surface area contributed by atoms with Crippen molar-refractivity contribution < 1.29 is 28.9 Å². The highest BCUT2D eigenvalue weighted by Gasteiger charge is 2.27. The van der Waals surface area contributed by atoms with Gasteiger partial charge in [0.1, 0.15) is 29.2 Å². The van der Waals surface area contributed by atoms with Crippen LogP contribution in [-0.4, -0.2) is 28.8 Å². The second kappa shape index (κ2) is 11.0. The van der Waals surface area contributed by atoms with E-state index >= 15 is 0 Å². The summed E-state index contributed by atoms with van der Waals surface area (Å²) in [5.41, 5.74) is 2.46. The fourth-order valence-electron chi connectivity index (χ4n) is 3.98. The van der Waals surface area contributed by atoms with E-state index in [2.05, 4.69) is 10.3 Å². The second-order valence-electron chi connectivity index (χ2n) is 8.33. The molecule has 2 N–H and O–H groups in total. The zero-order valence-electron chi connectivity index (χ0n) is 19.7. The molecule has 3 aromatic carbocycles. The van der Waals surface area contributed by atoms with Gasteiger partial charge in [-0.1, -0.05) is 41.4 Å². The van der Waals surface area contributed by atoms with Crippen molar-refractivity contribution in [3.63, 3.8) is 0 Å². The monoisotopic (exact) mass is 550 g/mol. The van der Waals surface area contributed by atoms with Gasteiger partial charge in [0.2, 0.25) is 0 Å². The topological polar surface area (TPSA) is 107 Å². The molecule has 0 saturated carbocycles. The third-order valence-electron chi connectivity index (χ3n) is 5.75. The summed E-state index contributed by atoms with van der Waals surface area (Å²) >= 11 is 12.5. The Kier molecular flexibility index (Phi) is 7.35. The van der Waals surface area contributed by atoms with Gasteiger partial charge in [-0.2, -0.15) is 0 Å². The average molecular weight is 551 g/mol. The first-order chi connectivity index (χ1) is 18.4. The Bertz CT molecular complexity index is 1510. The SMILES string of the molecule is O=C(O)OC1CCOc2cc(Oc3ccc(C(=O)Nc4cccc(-c5cccc(Cl)c5)n4)cc3)c(Cl)cc21. The van der Waals surface area contributed by atoms with E-state index in [1.807, 2.05) is 18.2 Å². The van der Waals surface area contributed by atoms with Crippen LogP contribution in [0.15, 0.2) is 78.9 Å². The van der Waals surface area contributed by atoms with E-state index in [1.165, 1.54) is 0 Å². The number of pyridine rings is 1. The van der Waals surface area contributed by atoms with E-state index in [9.17, 15) is 9.59 Å². The van der Waals surface area contributed by atoms with Crippen molar-refractivity contribution >= 4 is 41.1 Å². The Morgan fingerprint density at radius 2 is 1.79 bits per heavy atom. The van der Waals surface area contributed by atoms with Gasteiger partial charge in [0, 0.05) is 34.2 Å². The maximum absolute atomic E-state index is 12.8. The van der Waals surface area contributed by atoms with E-state index in [-0.39, 0.29) is 10.9 Å². The molecule has 10 heteroatoms. The molecule has 0 radical (unpaired) electrons. The number of rotatable bonds is 6. The number of anilines is 1. The van der Waals surface area contributed by atoms with E-state index < -0.39 is 12.3 Å². The normalized spacial score (nSPS) is 14.1. The highest BCUT2D eigenvalue weighted by Crippen LogP contribution is 2.42. The average Bonchev–Trinajstić information content (AvgIpc) is 2.90. The van der Waals surface area contributed by atoms with Crippen LogP contribution in [0, 0.1) is 0 Å². The van der Waals surface area contributed by atoms with Gasteiger partial charge in [0.05, 0.1) is 17.3 Å². The zero-order valence-corrected chi connectivity index (χ0v) is 21.2. The largest absolute Gasteiger partial charge is 0.506 e. The summed E-state index contributed by atoms with van der Waals surface area (Å²) in [5, 5.41) is 12.6. The number of carboxylic acid groups (broad SMARTS) is 1. The first-order valence-electron chi connectivity index (χ1n) is 11.5. The molecule has 4 aromatic rings. The fraction of sp³-hybridized carbons (Fsp3) is 0.107. The molecule has 2 heterocycles. The number of ether oxygens (including phenoxy) is 3. The summed E-state index contributed by atoms with van der Waals surface area (Å²) in [7, 11) is 0. The number of nitrogens with zero attached hydrogens (tertiary/aromatic N) is 1. The predicted molar refractivity (Wildman–Crippen MR) is 143 cm³/mol. The van der Waals surface area contributed by atoms with Gasteiger partial charge in [-0.05, 0) is 54.6 Å². The van der Waals surface area contributed by atoms with Gasteiger partial charge in [0.25, 0.3) is 5.91 Å². The number of halogens is 2. The van der Waals surface area contributed by atoms with Gasteiger partial charge in [-0.25, -0.2) is 9.78 Å². The summed E-state index contributed by atoms with van der Waals surface area (Å²) in [6, 6.07) is 22.3. The van der Waals surface area contributed by atoms with Crippen LogP contribution in [0.4, 0.5) is 10.6 Å². The van der Waals surface area contributed by atoms with Crippen LogP contribution in [0.2, 0.25) is 10.0 Å². The molecule has 8 nitrogen and oxygen atoms in total. The minimum absolute atomic E-state index is 0.265. The van der Waals surface area contributed by atoms with Crippen molar-refractivity contribution in [1.82, 2.24) is 4.98 Å². The molecule has 0 bridgehead atoms. The molecule has 1 aromatic heterocycles. The van der Waals surface area contributed by atoms with Gasteiger partial charge in [-0.3, -0.25) is 4.79 Å². The number of carbonyl (C=O) groups is 2. The minimum atomic E-state index is -1.37. The summed E-state index contributed by atoms with van der Waals surface area (Å²) in [5.74, 6) is 1.26. The molecule has 0 spiro atoms. The van der Waals surface area contributed by atoms with Crippen LogP contribution in [0.1, 0.15) is 28.4 Å². The first kappa shape index (κ1) is 25.4. The standard InChI is InChI=1S/C28H20Cl2N2O6/c29-18-4-1-3-17(13-18)22-5-2-6-26(31-22)32-27(33)16-7-9-19(10-8-16)37-25-15-24-20(14-21(25)30)23(11-12-36-24)38-28(34)35/h1-10,13-15,23H,11-12H2,(H,34,35)(H,31,32,33). The Labute approximate surface area is 227 Å². The summed E-state index contributed by atoms with van der Waals surface area (Å²) < 4.78 is 16.5. The van der Waals surface area contributed by atoms with Crippen molar-refractivity contribution in [3.05, 3.63) is 100 Å². The van der Waals surface area contributed by atoms with Crippen LogP contribution in [0.25, 0.3) is 11.3 Å². The van der Waals surface area contributed by atoms with Crippen LogP contribution in [0.3, 0.4) is 0 Å². The molecular formula is C28H20Cl2N2O6. The molecule has 0 fully saturated rings. The molecule has 0 saturated heterocycles. The van der Waals surface area contributed by atoms with E-state index in [1.54, 1.807) is 60.7 Å². The number of nitrogens with one attached hydrogen (secondary N) is 1. The van der Waals surface area contributed by atoms with Crippen LogP contribution in [0.5, 0.6) is 17.2 Å². The summed E-state index contributed by atoms with van der Waals surface area (Å²) in [4.78, 5) is 28.3. The van der Waals surface area contributed by atoms with Crippen molar-refractivity contribution in [1.29, 1.82) is 0 Å². The van der Waals surface area contributed by atoms with Crippen molar-refractivity contribution in [2.45, 2.75) is 12.5 Å². The highest BCUT2D eigenvalue weighted by atomic mass is 35.5. The highest BCUT2D eigenvalue weighted by molar-refractivity contribution is 6.32. The quantitative estimate of drug-likeness (QED) is 0.238. The van der Waals surface area contributed by atoms with E-state index in [0.717, 1.165) is 5.56 Å². The first-order valence-corrected chi connectivity index (χ1v) is 12.3. The van der Waals surface area contributed by atoms with Crippen LogP contribution < -0.4 is 14.8 Å². The molecule has 192 valence electrons. The number of hydrogen-bond acceptors (Lipinski definition) is 6. The summed E-state index contributed by atoms with van der Waals surface area (Å²) in [6.07, 6.45) is -1.64. The number of fused-ring (bicyclic) bond motifs is 1. The summed E-state index contributed by atoms with van der Waals surface area (Å²) in [6.45, 7) is 0.298. The Morgan fingerprint density at radius 1 is 1.00 bits per heavy atom. The van der Waals surface area contributed by atoms with Gasteiger partial charge < -0.3 is 24.6 Å². The lowest BCUT2D eigenvalue weighted by Crippen LogP contribution is -2.18. The maximum Gasteiger partial charge on any atom is 0.506 e. The van der Waals surface area contributed by atoms with Crippen molar-refractivity contribution in [2.24, 2.45) is 0 Å². The fourth-order valence-corrected chi connectivity index (χ4v) is 4.38. The van der Waals surface area contributed by atoms with Crippen LogP contribution in [-0.2, 0) is 4.74 Å². The van der Waals surface area contributed by atoms with Crippen molar-refractivity contribution in [2.75, 3.05) is 11.9 Å². The number of hydrogen-bond donors (Lipinski definition) is 2. The molecule has 5 rings (SSSR count). The third kappa shape index (κ3) is 5.82. The van der Waals surface area contributed by atoms with Crippen LogP contribution >= 0.6 is 23.2 Å². The number of benzene rings is 3. The smallest absolute Gasteiger partial charge is 0.493 e. The zero-order chi connectivity index (χ0) is 26.6. The Balaban J connectivity index is 1.27. The van der Waals surface area contributed by atoms with Gasteiger partial charge in [-0.15, -0.1) is 0 Å². The molecule has 1 aliphatic heterocycles. The molecule has 1 unspecified atom stereocenters. The third-order valence-corrected chi connectivity index (χ3v) is 6.28. The number of carbonyl (C=O) groups excluding carboxylic acids is 1.